The summed E-state index contributed by atoms with van der Waals surface area (Å²) in [6.45, 7) is 0. The molecule has 0 unspecified atom stereocenters. The average Bonchev–Trinajstić information content (AvgIpc) is 3.03. The molecule has 5 heterocycles. The molecule has 0 fully saturated rings. The van der Waals surface area contributed by atoms with Gasteiger partial charge >= 0.3 is 0 Å². The van der Waals surface area contributed by atoms with Gasteiger partial charge in [0.1, 0.15) is 0 Å². The van der Waals surface area contributed by atoms with E-state index < -0.39 is 0 Å². The van der Waals surface area contributed by atoms with Gasteiger partial charge < -0.3 is 0 Å². The fourth-order valence-electron chi connectivity index (χ4n) is 4.76. The highest BCUT2D eigenvalue weighted by atomic mass is 14.9. The van der Waals surface area contributed by atoms with Crippen LogP contribution in [0.1, 0.15) is 22.5 Å². The molecule has 6 aromatic rings. The van der Waals surface area contributed by atoms with Crippen molar-refractivity contribution in [2.75, 3.05) is 0 Å². The van der Waals surface area contributed by atoms with Crippen molar-refractivity contribution in [1.82, 2.24) is 19.9 Å². The van der Waals surface area contributed by atoms with E-state index in [-0.39, 0.29) is 0 Å². The van der Waals surface area contributed by atoms with Crippen molar-refractivity contribution in [1.29, 1.82) is 0 Å². The second-order valence-electron chi connectivity index (χ2n) is 9.23. The number of nitrogens with zero attached hydrogens (tertiary/aromatic N) is 6. The smallest absolute Gasteiger partial charge is 0.0987 e. The lowest BCUT2D eigenvalue weighted by Crippen LogP contribution is -2.12. The van der Waals surface area contributed by atoms with Gasteiger partial charge in [-0.2, -0.15) is 0 Å². The van der Waals surface area contributed by atoms with E-state index in [0.717, 1.165) is 68.0 Å². The van der Waals surface area contributed by atoms with Crippen LogP contribution in [0.4, 0.5) is 11.4 Å². The molecule has 4 aromatic heterocycles. The number of hydrogen-bond donors (Lipinski definition) is 0. The summed E-state index contributed by atoms with van der Waals surface area (Å²) in [5, 5.41) is 0. The summed E-state index contributed by atoms with van der Waals surface area (Å²) < 4.78 is 0. The molecule has 1 aliphatic rings. The third-order valence-corrected chi connectivity index (χ3v) is 6.65. The number of aromatic nitrogens is 4. The van der Waals surface area contributed by atoms with E-state index in [0.29, 0.717) is 0 Å². The Hall–Kier alpha value is -5.62. The maximum atomic E-state index is 5.22. The first kappa shape index (κ1) is 23.5. The van der Waals surface area contributed by atoms with Gasteiger partial charge in [-0.1, -0.05) is 54.6 Å². The van der Waals surface area contributed by atoms with E-state index in [4.69, 9.17) is 20.0 Å². The molecule has 7 rings (SSSR count). The van der Waals surface area contributed by atoms with Gasteiger partial charge in [-0.3, -0.25) is 9.97 Å². The highest BCUT2D eigenvalue weighted by molar-refractivity contribution is 6.21. The Morgan fingerprint density at radius 3 is 1.60 bits per heavy atom. The summed E-state index contributed by atoms with van der Waals surface area (Å²) in [5.41, 5.74) is 9.78. The highest BCUT2D eigenvalue weighted by Crippen LogP contribution is 2.33. The van der Waals surface area contributed by atoms with Crippen LogP contribution in [0.15, 0.2) is 144 Å². The van der Waals surface area contributed by atoms with E-state index in [9.17, 15) is 0 Å². The zero-order valence-corrected chi connectivity index (χ0v) is 21.4. The van der Waals surface area contributed by atoms with E-state index in [2.05, 4.69) is 9.97 Å². The summed E-state index contributed by atoms with van der Waals surface area (Å²) in [7, 11) is 0. The van der Waals surface area contributed by atoms with Gasteiger partial charge in [0.05, 0.1) is 51.3 Å². The lowest BCUT2D eigenvalue weighted by Gasteiger charge is -2.17. The topological polar surface area (TPSA) is 76.3 Å². The molecule has 0 spiro atoms. The van der Waals surface area contributed by atoms with Gasteiger partial charge in [-0.05, 0) is 60.7 Å². The molecule has 188 valence electrons. The van der Waals surface area contributed by atoms with E-state index in [1.54, 1.807) is 12.4 Å². The Labute approximate surface area is 231 Å². The molecule has 6 nitrogen and oxygen atoms in total. The van der Waals surface area contributed by atoms with Gasteiger partial charge in [-0.15, -0.1) is 0 Å². The summed E-state index contributed by atoms with van der Waals surface area (Å²) in [4.78, 5) is 29.2. The summed E-state index contributed by atoms with van der Waals surface area (Å²) in [6.07, 6.45) is 5.35. The molecule has 0 amide bonds. The van der Waals surface area contributed by atoms with Crippen molar-refractivity contribution in [2.24, 2.45) is 9.98 Å². The van der Waals surface area contributed by atoms with Crippen LogP contribution in [0.25, 0.3) is 22.6 Å². The van der Waals surface area contributed by atoms with Crippen molar-refractivity contribution in [3.63, 3.8) is 0 Å². The second-order valence-corrected chi connectivity index (χ2v) is 9.23. The number of fused-ring (bicyclic) bond motifs is 2. The SMILES string of the molecule is c1ccc(-c2cccc(C3=Nc4ccccc4C(c4cccc(-c5cccnc5)n4)=Nc4ccccc43)n2)nc1. The predicted molar refractivity (Wildman–Crippen MR) is 158 cm³/mol. The number of para-hydroxylation sites is 2. The Morgan fingerprint density at radius 1 is 0.400 bits per heavy atom. The molecule has 0 saturated heterocycles. The quantitative estimate of drug-likeness (QED) is 0.248. The molecule has 0 radical (unpaired) electrons. The summed E-state index contributed by atoms with van der Waals surface area (Å²) in [5.74, 6) is 0. The molecule has 0 aliphatic carbocycles. The van der Waals surface area contributed by atoms with Crippen molar-refractivity contribution < 1.29 is 0 Å². The van der Waals surface area contributed by atoms with Crippen LogP contribution in [-0.2, 0) is 0 Å². The number of aliphatic imine (C=N–C) groups is 2. The molecule has 1 aliphatic heterocycles. The van der Waals surface area contributed by atoms with Crippen molar-refractivity contribution in [3.05, 3.63) is 156 Å². The molecule has 0 bridgehead atoms. The maximum absolute atomic E-state index is 5.22. The van der Waals surface area contributed by atoms with Crippen LogP contribution < -0.4 is 0 Å². The van der Waals surface area contributed by atoms with Crippen molar-refractivity contribution in [2.45, 2.75) is 0 Å². The first-order valence-electron chi connectivity index (χ1n) is 13.0. The molecular formula is C34H22N6. The Balaban J connectivity index is 1.41. The minimum absolute atomic E-state index is 0.751. The number of benzene rings is 2. The van der Waals surface area contributed by atoms with Crippen LogP contribution in [-0.4, -0.2) is 31.4 Å². The molecular weight excluding hydrogens is 492 g/mol. The molecule has 0 atom stereocenters. The van der Waals surface area contributed by atoms with E-state index in [1.807, 2.05) is 121 Å². The summed E-state index contributed by atoms with van der Waals surface area (Å²) >= 11 is 0. The fraction of sp³-hybridized carbons (Fsp3) is 0. The molecule has 0 saturated carbocycles. The van der Waals surface area contributed by atoms with Gasteiger partial charge in [-0.25, -0.2) is 20.0 Å². The highest BCUT2D eigenvalue weighted by Gasteiger charge is 2.21. The Morgan fingerprint density at radius 2 is 0.975 bits per heavy atom. The summed E-state index contributed by atoms with van der Waals surface area (Å²) in [6, 6.07) is 37.7. The van der Waals surface area contributed by atoms with Gasteiger partial charge in [0.25, 0.3) is 0 Å². The number of pyridine rings is 4. The van der Waals surface area contributed by atoms with Gasteiger partial charge in [0.15, 0.2) is 0 Å². The van der Waals surface area contributed by atoms with Crippen LogP contribution in [0.2, 0.25) is 0 Å². The lowest BCUT2D eigenvalue weighted by atomic mass is 9.99. The van der Waals surface area contributed by atoms with Crippen molar-refractivity contribution in [3.8, 4) is 22.6 Å². The van der Waals surface area contributed by atoms with Gasteiger partial charge in [0, 0.05) is 35.3 Å². The van der Waals surface area contributed by atoms with Crippen LogP contribution in [0.5, 0.6) is 0 Å². The zero-order chi connectivity index (χ0) is 26.7. The average molecular weight is 515 g/mol. The lowest BCUT2D eigenvalue weighted by molar-refractivity contribution is 1.22. The zero-order valence-electron chi connectivity index (χ0n) is 21.4. The van der Waals surface area contributed by atoms with Crippen LogP contribution in [0, 0.1) is 0 Å². The van der Waals surface area contributed by atoms with Crippen molar-refractivity contribution >= 4 is 22.8 Å². The first-order valence-corrected chi connectivity index (χ1v) is 13.0. The Bertz CT molecular complexity index is 1750. The third kappa shape index (κ3) is 4.48. The van der Waals surface area contributed by atoms with E-state index >= 15 is 0 Å². The second kappa shape index (κ2) is 10.3. The molecule has 6 heteroatoms. The maximum Gasteiger partial charge on any atom is 0.0987 e. The first-order chi connectivity index (χ1) is 19.8. The monoisotopic (exact) mass is 514 g/mol. The minimum atomic E-state index is 0.751. The standard InChI is InChI=1S/C34H22N6/c1-3-13-27-24(11-1)33(31-18-7-16-26(37-31)23-10-9-20-35-22-23)39-28-14-4-2-12-25(28)34(40-27)32-19-8-17-30(38-32)29-15-5-6-21-36-29/h1-22H. The van der Waals surface area contributed by atoms with Crippen LogP contribution in [0.3, 0.4) is 0 Å². The number of rotatable bonds is 4. The normalized spacial score (nSPS) is 12.3. The Kier molecular flexibility index (Phi) is 6.03. The van der Waals surface area contributed by atoms with Gasteiger partial charge in [0.2, 0.25) is 0 Å². The van der Waals surface area contributed by atoms with E-state index in [1.165, 1.54) is 0 Å². The largest absolute Gasteiger partial charge is 0.264 e. The third-order valence-electron chi connectivity index (χ3n) is 6.65. The predicted octanol–water partition coefficient (Wildman–Crippen LogP) is 7.25. The van der Waals surface area contributed by atoms with Crippen LogP contribution >= 0.6 is 0 Å². The molecule has 40 heavy (non-hydrogen) atoms. The fourth-order valence-corrected chi connectivity index (χ4v) is 4.76. The molecule has 0 N–H and O–H groups in total. The molecule has 2 aromatic carbocycles. The number of hydrogen-bond acceptors (Lipinski definition) is 6. The minimum Gasteiger partial charge on any atom is -0.264 e.